The first-order valence-corrected chi connectivity index (χ1v) is 7.20. The lowest BCUT2D eigenvalue weighted by Gasteiger charge is -2.38. The summed E-state index contributed by atoms with van der Waals surface area (Å²) in [6, 6.07) is 4.54. The molecule has 6 nitrogen and oxygen atoms in total. The van der Waals surface area contributed by atoms with Gasteiger partial charge in [-0.1, -0.05) is 6.92 Å². The number of nitrogens with zero attached hydrogens (tertiary/aromatic N) is 4. The van der Waals surface area contributed by atoms with E-state index in [9.17, 15) is 0 Å². The number of nitrogen functional groups attached to an aromatic ring is 1. The molecule has 3 rings (SSSR count). The van der Waals surface area contributed by atoms with Gasteiger partial charge in [-0.05, 0) is 35.8 Å². The smallest absolute Gasteiger partial charge is 0.160 e. The lowest BCUT2D eigenvalue weighted by atomic mass is 10.1. The van der Waals surface area contributed by atoms with E-state index in [4.69, 9.17) is 10.4 Å². The molecule has 0 radical (unpaired) electrons. The Kier molecular flexibility index (Phi) is 3.48. The van der Waals surface area contributed by atoms with E-state index in [1.165, 1.54) is 6.42 Å². The molecule has 2 heterocycles. The van der Waals surface area contributed by atoms with Crippen molar-refractivity contribution in [3.8, 4) is 0 Å². The maximum Gasteiger partial charge on any atom is 0.160 e. The second-order valence-electron chi connectivity index (χ2n) is 5.42. The molecule has 0 spiro atoms. The molecule has 1 aromatic heterocycles. The zero-order chi connectivity index (χ0) is 14.1. The number of nitrogens with two attached hydrogens (primary N) is 1. The molecule has 0 saturated carbocycles. The van der Waals surface area contributed by atoms with Crippen molar-refractivity contribution in [2.24, 2.45) is 0 Å². The Bertz CT molecular complexity index is 588. The van der Waals surface area contributed by atoms with Crippen molar-refractivity contribution in [2.75, 3.05) is 36.8 Å². The van der Waals surface area contributed by atoms with Crippen molar-refractivity contribution in [3.63, 3.8) is 0 Å². The van der Waals surface area contributed by atoms with Crippen molar-refractivity contribution in [1.29, 1.82) is 0 Å². The van der Waals surface area contributed by atoms with Crippen LogP contribution in [0.2, 0.25) is 0 Å². The summed E-state index contributed by atoms with van der Waals surface area (Å²) in [7, 11) is 0. The van der Waals surface area contributed by atoms with E-state index < -0.39 is 0 Å². The van der Waals surface area contributed by atoms with Gasteiger partial charge in [0.1, 0.15) is 0 Å². The van der Waals surface area contributed by atoms with E-state index in [2.05, 4.69) is 34.0 Å². The molecule has 1 unspecified atom stereocenters. The Morgan fingerprint density at radius 3 is 2.60 bits per heavy atom. The summed E-state index contributed by atoms with van der Waals surface area (Å²) in [5.74, 6) is 0. The maximum atomic E-state index is 5.89. The molecule has 0 amide bonds. The van der Waals surface area contributed by atoms with Gasteiger partial charge in [0.25, 0.3) is 0 Å². The predicted octanol–water partition coefficient (Wildman–Crippen LogP) is 1.73. The van der Waals surface area contributed by atoms with Crippen molar-refractivity contribution < 1.29 is 4.63 Å². The summed E-state index contributed by atoms with van der Waals surface area (Å²) in [6.45, 7) is 8.67. The molecule has 0 aliphatic carbocycles. The van der Waals surface area contributed by atoms with Gasteiger partial charge >= 0.3 is 0 Å². The second kappa shape index (κ2) is 5.28. The summed E-state index contributed by atoms with van der Waals surface area (Å²) < 4.78 is 4.84. The predicted molar refractivity (Wildman–Crippen MR) is 79.8 cm³/mol. The average molecular weight is 275 g/mol. The molecule has 0 bridgehead atoms. The highest BCUT2D eigenvalue weighted by Gasteiger charge is 2.23. The lowest BCUT2D eigenvalue weighted by Crippen LogP contribution is -2.49. The van der Waals surface area contributed by atoms with Crippen LogP contribution in [0.4, 0.5) is 11.4 Å². The van der Waals surface area contributed by atoms with E-state index in [1.54, 1.807) is 0 Å². The SMILES string of the molecule is CCC(C)N1CCN(c2ccc(N)c3nonc23)CC1. The fourth-order valence-electron chi connectivity index (χ4n) is 2.79. The fourth-order valence-corrected chi connectivity index (χ4v) is 2.79. The molecule has 6 heteroatoms. The summed E-state index contributed by atoms with van der Waals surface area (Å²) in [6.07, 6.45) is 1.19. The molecule has 1 aromatic carbocycles. The minimum Gasteiger partial charge on any atom is -0.397 e. The largest absolute Gasteiger partial charge is 0.397 e. The highest BCUT2D eigenvalue weighted by atomic mass is 16.6. The number of piperazine rings is 1. The third kappa shape index (κ3) is 2.20. The molecular weight excluding hydrogens is 254 g/mol. The zero-order valence-corrected chi connectivity index (χ0v) is 12.0. The Balaban J connectivity index is 1.80. The van der Waals surface area contributed by atoms with Gasteiger partial charge in [-0.3, -0.25) is 4.90 Å². The van der Waals surface area contributed by atoms with E-state index in [-0.39, 0.29) is 0 Å². The second-order valence-corrected chi connectivity index (χ2v) is 5.42. The molecule has 1 aliphatic rings. The summed E-state index contributed by atoms with van der Waals surface area (Å²) in [5.41, 5.74) is 9.00. The first-order valence-electron chi connectivity index (χ1n) is 7.20. The topological polar surface area (TPSA) is 71.4 Å². The van der Waals surface area contributed by atoms with Gasteiger partial charge in [-0.15, -0.1) is 0 Å². The maximum absolute atomic E-state index is 5.89. The Labute approximate surface area is 118 Å². The van der Waals surface area contributed by atoms with E-state index in [0.29, 0.717) is 17.2 Å². The molecule has 20 heavy (non-hydrogen) atoms. The number of aromatic nitrogens is 2. The van der Waals surface area contributed by atoms with Gasteiger partial charge in [-0.25, -0.2) is 4.63 Å². The molecule has 2 N–H and O–H groups in total. The normalized spacial score (nSPS) is 18.6. The first-order chi connectivity index (χ1) is 9.70. The Hall–Kier alpha value is -1.82. The summed E-state index contributed by atoms with van der Waals surface area (Å²) in [4.78, 5) is 4.87. The first kappa shape index (κ1) is 13.2. The van der Waals surface area contributed by atoms with Crippen LogP contribution in [0.15, 0.2) is 16.8 Å². The number of rotatable bonds is 3. The fraction of sp³-hybridized carbons (Fsp3) is 0.571. The van der Waals surface area contributed by atoms with Gasteiger partial charge < -0.3 is 10.6 Å². The number of fused-ring (bicyclic) bond motifs is 1. The van der Waals surface area contributed by atoms with Crippen LogP contribution in [0.25, 0.3) is 11.0 Å². The molecule has 1 saturated heterocycles. The van der Waals surface area contributed by atoms with Crippen LogP contribution in [0, 0.1) is 0 Å². The van der Waals surface area contributed by atoms with Crippen LogP contribution in [0.3, 0.4) is 0 Å². The number of hydrogen-bond donors (Lipinski definition) is 1. The Morgan fingerprint density at radius 2 is 1.90 bits per heavy atom. The minimum atomic E-state index is 0.614. The third-order valence-electron chi connectivity index (χ3n) is 4.29. The van der Waals surface area contributed by atoms with Gasteiger partial charge in [0.2, 0.25) is 0 Å². The van der Waals surface area contributed by atoms with Crippen LogP contribution in [-0.4, -0.2) is 47.4 Å². The van der Waals surface area contributed by atoms with E-state index in [0.717, 1.165) is 37.4 Å². The van der Waals surface area contributed by atoms with Crippen molar-refractivity contribution in [2.45, 2.75) is 26.3 Å². The number of hydrogen-bond acceptors (Lipinski definition) is 6. The minimum absolute atomic E-state index is 0.614. The standard InChI is InChI=1S/C14H21N5O/c1-3-10(2)18-6-8-19(9-7-18)12-5-4-11(15)13-14(12)17-20-16-13/h4-5,10H,3,6-9,15H2,1-2H3. The van der Waals surface area contributed by atoms with E-state index >= 15 is 0 Å². The van der Waals surface area contributed by atoms with Crippen LogP contribution >= 0.6 is 0 Å². The highest BCUT2D eigenvalue weighted by Crippen LogP contribution is 2.29. The average Bonchev–Trinajstić information content (AvgIpc) is 2.97. The summed E-state index contributed by atoms with van der Waals surface area (Å²) in [5, 5.41) is 7.89. The quantitative estimate of drug-likeness (QED) is 0.860. The van der Waals surface area contributed by atoms with Crippen molar-refractivity contribution in [3.05, 3.63) is 12.1 Å². The van der Waals surface area contributed by atoms with Crippen LogP contribution in [0.1, 0.15) is 20.3 Å². The van der Waals surface area contributed by atoms with Gasteiger partial charge in [0.05, 0.1) is 11.4 Å². The van der Waals surface area contributed by atoms with Crippen LogP contribution in [0.5, 0.6) is 0 Å². The summed E-state index contributed by atoms with van der Waals surface area (Å²) >= 11 is 0. The van der Waals surface area contributed by atoms with Gasteiger partial charge in [0.15, 0.2) is 11.0 Å². The molecule has 2 aromatic rings. The molecular formula is C14H21N5O. The third-order valence-corrected chi connectivity index (χ3v) is 4.29. The van der Waals surface area contributed by atoms with Crippen LogP contribution in [-0.2, 0) is 0 Å². The monoisotopic (exact) mass is 275 g/mol. The lowest BCUT2D eigenvalue weighted by molar-refractivity contribution is 0.193. The molecule has 1 fully saturated rings. The van der Waals surface area contributed by atoms with Gasteiger partial charge in [-0.2, -0.15) is 0 Å². The van der Waals surface area contributed by atoms with Gasteiger partial charge in [0, 0.05) is 32.2 Å². The molecule has 1 atom stereocenters. The zero-order valence-electron chi connectivity index (χ0n) is 12.0. The van der Waals surface area contributed by atoms with Crippen molar-refractivity contribution in [1.82, 2.24) is 15.2 Å². The van der Waals surface area contributed by atoms with E-state index in [1.807, 2.05) is 12.1 Å². The highest BCUT2D eigenvalue weighted by molar-refractivity contribution is 5.95. The Morgan fingerprint density at radius 1 is 1.20 bits per heavy atom. The van der Waals surface area contributed by atoms with Crippen molar-refractivity contribution >= 4 is 22.4 Å². The molecule has 108 valence electrons. The number of anilines is 2. The molecule has 1 aliphatic heterocycles. The number of benzene rings is 1. The van der Waals surface area contributed by atoms with Crippen LogP contribution < -0.4 is 10.6 Å².